The van der Waals surface area contributed by atoms with E-state index in [-0.39, 0.29) is 22.8 Å². The molecule has 1 unspecified atom stereocenters. The third kappa shape index (κ3) is 2.18. The maximum Gasteiger partial charge on any atom is 0.258 e. The maximum absolute atomic E-state index is 13.6. The SMILES string of the molecule is O=C(NC1CC12CCOCC2)c1c(O)cccc1F. The molecule has 2 fully saturated rings. The van der Waals surface area contributed by atoms with Gasteiger partial charge in [0.05, 0.1) is 0 Å². The molecule has 1 aromatic rings. The lowest BCUT2D eigenvalue weighted by atomic mass is 9.96. The summed E-state index contributed by atoms with van der Waals surface area (Å²) in [5, 5.41) is 12.4. The van der Waals surface area contributed by atoms with Gasteiger partial charge in [-0.2, -0.15) is 0 Å². The first-order valence-corrected chi connectivity index (χ1v) is 6.48. The zero-order valence-electron chi connectivity index (χ0n) is 10.5. The van der Waals surface area contributed by atoms with Crippen molar-refractivity contribution in [1.29, 1.82) is 0 Å². The summed E-state index contributed by atoms with van der Waals surface area (Å²) in [5.74, 6) is -1.55. The van der Waals surface area contributed by atoms with Crippen LogP contribution in [0.2, 0.25) is 0 Å². The molecule has 1 amide bonds. The fraction of sp³-hybridized carbons (Fsp3) is 0.500. The standard InChI is InChI=1S/C14H16FNO3/c15-9-2-1-3-10(17)12(9)13(18)16-11-8-14(11)4-6-19-7-5-14/h1-3,11,17H,4-8H2,(H,16,18). The summed E-state index contributed by atoms with van der Waals surface area (Å²) in [7, 11) is 0. The van der Waals surface area contributed by atoms with Gasteiger partial charge in [-0.3, -0.25) is 4.79 Å². The highest BCUT2D eigenvalue weighted by atomic mass is 19.1. The van der Waals surface area contributed by atoms with Gasteiger partial charge in [0.1, 0.15) is 17.1 Å². The number of benzene rings is 1. The lowest BCUT2D eigenvalue weighted by Crippen LogP contribution is -2.32. The number of nitrogens with one attached hydrogen (secondary N) is 1. The van der Waals surface area contributed by atoms with Crippen molar-refractivity contribution >= 4 is 5.91 Å². The van der Waals surface area contributed by atoms with Crippen molar-refractivity contribution < 1.29 is 19.0 Å². The fourth-order valence-corrected chi connectivity index (χ4v) is 2.85. The second kappa shape index (κ2) is 4.49. The Bertz CT molecular complexity index is 491. The van der Waals surface area contributed by atoms with Crippen molar-refractivity contribution in [2.45, 2.75) is 25.3 Å². The molecule has 5 heteroatoms. The molecule has 1 aliphatic heterocycles. The van der Waals surface area contributed by atoms with Crippen LogP contribution in [0.25, 0.3) is 0 Å². The normalized spacial score (nSPS) is 24.2. The van der Waals surface area contributed by atoms with Crippen LogP contribution in [0.5, 0.6) is 5.75 Å². The molecule has 2 aliphatic rings. The lowest BCUT2D eigenvalue weighted by Gasteiger charge is -2.23. The lowest BCUT2D eigenvalue weighted by molar-refractivity contribution is 0.0534. The Hall–Kier alpha value is -1.62. The van der Waals surface area contributed by atoms with Gasteiger partial charge >= 0.3 is 0 Å². The van der Waals surface area contributed by atoms with E-state index in [0.29, 0.717) is 0 Å². The molecular weight excluding hydrogens is 249 g/mol. The molecule has 19 heavy (non-hydrogen) atoms. The summed E-state index contributed by atoms with van der Waals surface area (Å²) in [6, 6.07) is 3.93. The predicted octanol–water partition coefficient (Wildman–Crippen LogP) is 1.83. The molecule has 2 N–H and O–H groups in total. The molecular formula is C14H16FNO3. The summed E-state index contributed by atoms with van der Waals surface area (Å²) < 4.78 is 18.9. The van der Waals surface area contributed by atoms with E-state index in [2.05, 4.69) is 5.32 Å². The second-order valence-electron chi connectivity index (χ2n) is 5.34. The van der Waals surface area contributed by atoms with Gasteiger partial charge < -0.3 is 15.2 Å². The number of carbonyl (C=O) groups excluding carboxylic acids is 1. The maximum atomic E-state index is 13.6. The highest BCUT2D eigenvalue weighted by molar-refractivity contribution is 5.97. The molecule has 1 spiro atoms. The molecule has 1 heterocycles. The summed E-state index contributed by atoms with van der Waals surface area (Å²) >= 11 is 0. The largest absolute Gasteiger partial charge is 0.507 e. The number of phenolic OH excluding ortho intramolecular Hbond substituents is 1. The minimum Gasteiger partial charge on any atom is -0.507 e. The van der Waals surface area contributed by atoms with E-state index < -0.39 is 11.7 Å². The topological polar surface area (TPSA) is 58.6 Å². The van der Waals surface area contributed by atoms with Gasteiger partial charge in [-0.05, 0) is 36.8 Å². The fourth-order valence-electron chi connectivity index (χ4n) is 2.85. The van der Waals surface area contributed by atoms with Crippen LogP contribution in [0.1, 0.15) is 29.6 Å². The first kappa shape index (κ1) is 12.4. The summed E-state index contributed by atoms with van der Waals surface area (Å²) in [5.41, 5.74) is -0.133. The van der Waals surface area contributed by atoms with Gasteiger partial charge in [0.25, 0.3) is 5.91 Å². The van der Waals surface area contributed by atoms with Gasteiger partial charge in [-0.1, -0.05) is 6.07 Å². The molecule has 102 valence electrons. The van der Waals surface area contributed by atoms with Crippen LogP contribution in [-0.2, 0) is 4.74 Å². The van der Waals surface area contributed by atoms with E-state index in [4.69, 9.17) is 4.74 Å². The number of hydrogen-bond donors (Lipinski definition) is 2. The average molecular weight is 265 g/mol. The van der Waals surface area contributed by atoms with Gasteiger partial charge in [0.2, 0.25) is 0 Å². The zero-order chi connectivity index (χ0) is 13.5. The second-order valence-corrected chi connectivity index (χ2v) is 5.34. The molecule has 3 rings (SSSR count). The van der Waals surface area contributed by atoms with Gasteiger partial charge in [0.15, 0.2) is 0 Å². The molecule has 1 aliphatic carbocycles. The van der Waals surface area contributed by atoms with Crippen molar-refractivity contribution in [1.82, 2.24) is 5.32 Å². The van der Waals surface area contributed by atoms with Crippen LogP contribution in [0.4, 0.5) is 4.39 Å². The smallest absolute Gasteiger partial charge is 0.258 e. The average Bonchev–Trinajstić information content (AvgIpc) is 3.01. The quantitative estimate of drug-likeness (QED) is 0.857. The number of hydrogen-bond acceptors (Lipinski definition) is 3. The van der Waals surface area contributed by atoms with Gasteiger partial charge in [-0.25, -0.2) is 4.39 Å². The Morgan fingerprint density at radius 3 is 2.84 bits per heavy atom. The van der Waals surface area contributed by atoms with Crippen LogP contribution < -0.4 is 5.32 Å². The molecule has 1 aromatic carbocycles. The summed E-state index contributed by atoms with van der Waals surface area (Å²) in [4.78, 5) is 12.0. The van der Waals surface area contributed by atoms with E-state index >= 15 is 0 Å². The Labute approximate surface area is 110 Å². The molecule has 0 radical (unpaired) electrons. The van der Waals surface area contributed by atoms with Crippen LogP contribution >= 0.6 is 0 Å². The monoisotopic (exact) mass is 265 g/mol. The third-order valence-corrected chi connectivity index (χ3v) is 4.20. The number of rotatable bonds is 2. The summed E-state index contributed by atoms with van der Waals surface area (Å²) in [6.07, 6.45) is 2.78. The Morgan fingerprint density at radius 1 is 1.42 bits per heavy atom. The summed E-state index contributed by atoms with van der Waals surface area (Å²) in [6.45, 7) is 1.44. The Morgan fingerprint density at radius 2 is 2.16 bits per heavy atom. The molecule has 1 saturated carbocycles. The highest BCUT2D eigenvalue weighted by Crippen LogP contribution is 2.53. The number of carbonyl (C=O) groups is 1. The van der Waals surface area contributed by atoms with E-state index in [1.807, 2.05) is 0 Å². The Kier molecular flexibility index (Phi) is 2.93. The number of ether oxygens (including phenoxy) is 1. The Balaban J connectivity index is 1.70. The van der Waals surface area contributed by atoms with E-state index in [1.54, 1.807) is 0 Å². The van der Waals surface area contributed by atoms with Gasteiger partial charge in [-0.15, -0.1) is 0 Å². The first-order chi connectivity index (χ1) is 9.12. The van der Waals surface area contributed by atoms with E-state index in [9.17, 15) is 14.3 Å². The number of aromatic hydroxyl groups is 1. The number of phenols is 1. The molecule has 1 atom stereocenters. The van der Waals surface area contributed by atoms with Crippen molar-refractivity contribution in [2.24, 2.45) is 5.41 Å². The van der Waals surface area contributed by atoms with Crippen LogP contribution in [-0.4, -0.2) is 30.3 Å². The first-order valence-electron chi connectivity index (χ1n) is 6.48. The molecule has 4 nitrogen and oxygen atoms in total. The van der Waals surface area contributed by atoms with E-state index in [1.165, 1.54) is 18.2 Å². The van der Waals surface area contributed by atoms with Crippen LogP contribution in [0.3, 0.4) is 0 Å². The molecule has 0 aromatic heterocycles. The molecule has 0 bridgehead atoms. The van der Waals surface area contributed by atoms with E-state index in [0.717, 1.165) is 32.5 Å². The van der Waals surface area contributed by atoms with Crippen molar-refractivity contribution in [3.8, 4) is 5.75 Å². The number of halogens is 1. The predicted molar refractivity (Wildman–Crippen MR) is 66.4 cm³/mol. The number of amides is 1. The van der Waals surface area contributed by atoms with Crippen LogP contribution in [0, 0.1) is 11.2 Å². The zero-order valence-corrected chi connectivity index (χ0v) is 10.5. The van der Waals surface area contributed by atoms with Crippen molar-refractivity contribution in [3.05, 3.63) is 29.6 Å². The molecule has 1 saturated heterocycles. The van der Waals surface area contributed by atoms with Crippen molar-refractivity contribution in [2.75, 3.05) is 13.2 Å². The third-order valence-electron chi connectivity index (χ3n) is 4.20. The highest BCUT2D eigenvalue weighted by Gasteiger charge is 2.55. The minimum atomic E-state index is -0.695. The van der Waals surface area contributed by atoms with Crippen LogP contribution in [0.15, 0.2) is 18.2 Å². The minimum absolute atomic E-state index is 0.0721. The van der Waals surface area contributed by atoms with Gasteiger partial charge in [0, 0.05) is 19.3 Å². The van der Waals surface area contributed by atoms with Crippen molar-refractivity contribution in [3.63, 3.8) is 0 Å².